The Morgan fingerprint density at radius 2 is 1.71 bits per heavy atom. The topological polar surface area (TPSA) is 17.1 Å². The Hall–Kier alpha value is -1.60. The number of carbonyl (C=O) groups is 1. The highest BCUT2D eigenvalue weighted by atomic mass is 35.5. The van der Waals surface area contributed by atoms with E-state index in [1.165, 1.54) is 5.56 Å². The number of rotatable bonds is 4. The molecular formula is C19H19ClO. The van der Waals surface area contributed by atoms with Crippen LogP contribution in [0.1, 0.15) is 36.8 Å². The van der Waals surface area contributed by atoms with Gasteiger partial charge in [-0.2, -0.15) is 0 Å². The van der Waals surface area contributed by atoms with E-state index in [-0.39, 0.29) is 5.41 Å². The third-order valence-corrected chi connectivity index (χ3v) is 4.81. The molecule has 0 N–H and O–H groups in total. The van der Waals surface area contributed by atoms with Crippen molar-refractivity contribution in [2.75, 3.05) is 0 Å². The Morgan fingerprint density at radius 1 is 1.00 bits per heavy atom. The molecule has 21 heavy (non-hydrogen) atoms. The maximum atomic E-state index is 13.0. The summed E-state index contributed by atoms with van der Waals surface area (Å²) in [6.07, 6.45) is 4.68. The molecule has 2 aromatic rings. The molecule has 0 bridgehead atoms. The van der Waals surface area contributed by atoms with Gasteiger partial charge in [-0.3, -0.25) is 4.79 Å². The second kappa shape index (κ2) is 6.03. The lowest BCUT2D eigenvalue weighted by Crippen LogP contribution is -2.34. The number of Topliss-reactive ketones (excluding diaryl/α,β-unsaturated/α-hetero) is 1. The SMILES string of the molecule is O=C(Cc1cccc(Cl)c1)C1(c2ccccc2)CCCC1. The van der Waals surface area contributed by atoms with Crippen LogP contribution in [-0.2, 0) is 16.6 Å². The maximum absolute atomic E-state index is 13.0. The van der Waals surface area contributed by atoms with Gasteiger partial charge in [0.25, 0.3) is 0 Å². The van der Waals surface area contributed by atoms with Crippen LogP contribution in [0.4, 0.5) is 0 Å². The van der Waals surface area contributed by atoms with Crippen LogP contribution >= 0.6 is 11.6 Å². The summed E-state index contributed by atoms with van der Waals surface area (Å²) in [6, 6.07) is 17.9. The summed E-state index contributed by atoms with van der Waals surface area (Å²) in [4.78, 5) is 13.0. The number of benzene rings is 2. The molecule has 0 heterocycles. The van der Waals surface area contributed by atoms with E-state index < -0.39 is 0 Å². The molecule has 0 aromatic heterocycles. The van der Waals surface area contributed by atoms with Gasteiger partial charge in [-0.05, 0) is 36.1 Å². The van der Waals surface area contributed by atoms with Gasteiger partial charge in [0, 0.05) is 11.4 Å². The quantitative estimate of drug-likeness (QED) is 0.779. The molecule has 0 atom stereocenters. The van der Waals surface area contributed by atoms with Crippen LogP contribution in [0.15, 0.2) is 54.6 Å². The van der Waals surface area contributed by atoms with Crippen molar-refractivity contribution in [2.45, 2.75) is 37.5 Å². The largest absolute Gasteiger partial charge is 0.298 e. The number of hydrogen-bond acceptors (Lipinski definition) is 1. The van der Waals surface area contributed by atoms with Crippen molar-refractivity contribution in [3.05, 3.63) is 70.7 Å². The zero-order valence-electron chi connectivity index (χ0n) is 12.0. The van der Waals surface area contributed by atoms with Crippen LogP contribution in [0, 0.1) is 0 Å². The van der Waals surface area contributed by atoms with Crippen molar-refractivity contribution in [3.8, 4) is 0 Å². The third kappa shape index (κ3) is 2.89. The standard InChI is InChI=1S/C19H19ClO/c20-17-10-6-7-15(13-17)14-18(21)19(11-4-5-12-19)16-8-2-1-3-9-16/h1-3,6-10,13H,4-5,11-12,14H2. The van der Waals surface area contributed by atoms with Gasteiger partial charge >= 0.3 is 0 Å². The van der Waals surface area contributed by atoms with Crippen LogP contribution in [0.25, 0.3) is 0 Å². The summed E-state index contributed by atoms with van der Waals surface area (Å²) < 4.78 is 0. The van der Waals surface area contributed by atoms with E-state index in [1.807, 2.05) is 42.5 Å². The monoisotopic (exact) mass is 298 g/mol. The summed E-state index contributed by atoms with van der Waals surface area (Å²) in [5.41, 5.74) is 1.90. The molecule has 0 aliphatic heterocycles. The van der Waals surface area contributed by atoms with Crippen molar-refractivity contribution in [1.82, 2.24) is 0 Å². The summed E-state index contributed by atoms with van der Waals surface area (Å²) in [5, 5.41) is 0.695. The molecule has 0 unspecified atom stereocenters. The van der Waals surface area contributed by atoms with Crippen LogP contribution in [0.3, 0.4) is 0 Å². The number of ketones is 1. The van der Waals surface area contributed by atoms with Crippen LogP contribution < -0.4 is 0 Å². The van der Waals surface area contributed by atoms with Crippen molar-refractivity contribution < 1.29 is 4.79 Å². The van der Waals surface area contributed by atoms with Crippen LogP contribution in [0.5, 0.6) is 0 Å². The first kappa shape index (κ1) is 14.3. The van der Waals surface area contributed by atoms with Gasteiger partial charge < -0.3 is 0 Å². The Labute approximate surface area is 131 Å². The average molecular weight is 299 g/mol. The van der Waals surface area contributed by atoms with Gasteiger partial charge in [0.15, 0.2) is 0 Å². The molecule has 1 fully saturated rings. The van der Waals surface area contributed by atoms with E-state index in [0.29, 0.717) is 17.2 Å². The molecule has 1 saturated carbocycles. The minimum absolute atomic E-state index is 0.288. The van der Waals surface area contributed by atoms with Gasteiger partial charge in [-0.25, -0.2) is 0 Å². The third-order valence-electron chi connectivity index (χ3n) is 4.57. The van der Waals surface area contributed by atoms with Crippen molar-refractivity contribution in [2.24, 2.45) is 0 Å². The van der Waals surface area contributed by atoms with Gasteiger partial charge in [0.2, 0.25) is 0 Å². The second-order valence-corrected chi connectivity index (χ2v) is 6.32. The average Bonchev–Trinajstić information content (AvgIpc) is 2.99. The van der Waals surface area contributed by atoms with Gasteiger partial charge in [-0.1, -0.05) is 66.9 Å². The fraction of sp³-hybridized carbons (Fsp3) is 0.316. The summed E-state index contributed by atoms with van der Waals surface area (Å²) in [5.74, 6) is 0.327. The molecule has 1 aliphatic rings. The highest BCUT2D eigenvalue weighted by Crippen LogP contribution is 2.42. The first-order valence-corrected chi connectivity index (χ1v) is 7.92. The lowest BCUT2D eigenvalue weighted by Gasteiger charge is -2.28. The molecular weight excluding hydrogens is 280 g/mol. The summed E-state index contributed by atoms with van der Waals surface area (Å²) >= 11 is 6.03. The molecule has 0 amide bonds. The predicted molar refractivity (Wildman–Crippen MR) is 86.8 cm³/mol. The molecule has 1 aliphatic carbocycles. The molecule has 2 aromatic carbocycles. The molecule has 0 saturated heterocycles. The Bertz CT molecular complexity index is 627. The minimum Gasteiger partial charge on any atom is -0.298 e. The van der Waals surface area contributed by atoms with E-state index in [9.17, 15) is 4.79 Å². The zero-order valence-corrected chi connectivity index (χ0v) is 12.8. The minimum atomic E-state index is -0.288. The van der Waals surface area contributed by atoms with Gasteiger partial charge in [0.1, 0.15) is 5.78 Å². The fourth-order valence-electron chi connectivity index (χ4n) is 3.47. The smallest absolute Gasteiger partial charge is 0.147 e. The van der Waals surface area contributed by atoms with Gasteiger partial charge in [-0.15, -0.1) is 0 Å². The molecule has 1 nitrogen and oxygen atoms in total. The normalized spacial score (nSPS) is 16.8. The molecule has 0 radical (unpaired) electrons. The van der Waals surface area contributed by atoms with E-state index in [4.69, 9.17) is 11.6 Å². The van der Waals surface area contributed by atoms with E-state index in [0.717, 1.165) is 31.2 Å². The number of carbonyl (C=O) groups excluding carboxylic acids is 1. The van der Waals surface area contributed by atoms with Crippen molar-refractivity contribution >= 4 is 17.4 Å². The fourth-order valence-corrected chi connectivity index (χ4v) is 3.68. The van der Waals surface area contributed by atoms with E-state index in [1.54, 1.807) is 0 Å². The highest BCUT2D eigenvalue weighted by molar-refractivity contribution is 6.30. The highest BCUT2D eigenvalue weighted by Gasteiger charge is 2.41. The first-order chi connectivity index (χ1) is 10.2. The molecule has 2 heteroatoms. The lowest BCUT2D eigenvalue weighted by atomic mass is 9.73. The number of halogens is 1. The zero-order chi connectivity index (χ0) is 14.7. The Morgan fingerprint density at radius 3 is 2.38 bits per heavy atom. The lowest BCUT2D eigenvalue weighted by molar-refractivity contribution is -0.123. The van der Waals surface area contributed by atoms with Crippen LogP contribution in [-0.4, -0.2) is 5.78 Å². The van der Waals surface area contributed by atoms with Crippen molar-refractivity contribution in [3.63, 3.8) is 0 Å². The first-order valence-electron chi connectivity index (χ1n) is 7.54. The predicted octanol–water partition coefficient (Wildman–Crippen LogP) is 4.96. The van der Waals surface area contributed by atoms with Crippen LogP contribution in [0.2, 0.25) is 5.02 Å². The van der Waals surface area contributed by atoms with E-state index in [2.05, 4.69) is 12.1 Å². The molecule has 0 spiro atoms. The Balaban J connectivity index is 1.89. The molecule has 3 rings (SSSR count). The van der Waals surface area contributed by atoms with E-state index >= 15 is 0 Å². The maximum Gasteiger partial charge on any atom is 0.147 e. The molecule has 108 valence electrons. The summed E-state index contributed by atoms with van der Waals surface area (Å²) in [6.45, 7) is 0. The van der Waals surface area contributed by atoms with Gasteiger partial charge in [0.05, 0.1) is 5.41 Å². The second-order valence-electron chi connectivity index (χ2n) is 5.89. The summed E-state index contributed by atoms with van der Waals surface area (Å²) in [7, 11) is 0. The van der Waals surface area contributed by atoms with Crippen molar-refractivity contribution in [1.29, 1.82) is 0 Å². The Kier molecular flexibility index (Phi) is 4.12. The number of hydrogen-bond donors (Lipinski definition) is 0.